The Morgan fingerprint density at radius 2 is 2.00 bits per heavy atom. The quantitative estimate of drug-likeness (QED) is 0.836. The molecule has 2 N–H and O–H groups in total. The van der Waals surface area contributed by atoms with E-state index in [1.807, 2.05) is 0 Å². The molecule has 1 heterocycles. The van der Waals surface area contributed by atoms with Crippen LogP contribution in [0.2, 0.25) is 0 Å². The molecule has 0 amide bonds. The van der Waals surface area contributed by atoms with E-state index in [-0.39, 0.29) is 10.6 Å². The molecule has 2 rings (SSSR count). The number of phenols is 1. The number of hydrogen-bond acceptors (Lipinski definition) is 4. The van der Waals surface area contributed by atoms with Gasteiger partial charge in [-0.25, -0.2) is 12.8 Å². The molecule has 5 nitrogen and oxygen atoms in total. The molecule has 2 aromatic rings. The molecule has 0 saturated carbocycles. The van der Waals surface area contributed by atoms with Crippen LogP contribution >= 0.6 is 15.9 Å². The van der Waals surface area contributed by atoms with E-state index in [0.717, 1.165) is 24.4 Å². The molecule has 0 aliphatic rings. The Hall–Kier alpha value is -1.67. The standard InChI is InChI=1S/C11H8BrFN2O3S/c12-7-3-9(6-14-5-7)19(17,18)15-10-2-1-8(13)4-11(10)16/h1-6,15-16H. The van der Waals surface area contributed by atoms with Gasteiger partial charge in [-0.15, -0.1) is 0 Å². The van der Waals surface area contributed by atoms with Gasteiger partial charge < -0.3 is 5.11 Å². The number of halogens is 2. The Labute approximate surface area is 117 Å². The lowest BCUT2D eigenvalue weighted by Gasteiger charge is -2.09. The zero-order chi connectivity index (χ0) is 14.0. The molecular formula is C11H8BrFN2O3S. The van der Waals surface area contributed by atoms with E-state index >= 15 is 0 Å². The summed E-state index contributed by atoms with van der Waals surface area (Å²) >= 11 is 3.11. The molecule has 0 saturated heterocycles. The molecule has 0 fully saturated rings. The first-order chi connectivity index (χ1) is 8.88. The van der Waals surface area contributed by atoms with Crippen molar-refractivity contribution in [3.8, 4) is 5.75 Å². The minimum Gasteiger partial charge on any atom is -0.506 e. The summed E-state index contributed by atoms with van der Waals surface area (Å²) in [6, 6.07) is 4.34. The van der Waals surface area contributed by atoms with Crippen molar-refractivity contribution in [1.29, 1.82) is 0 Å². The topological polar surface area (TPSA) is 79.3 Å². The van der Waals surface area contributed by atoms with E-state index in [1.54, 1.807) is 0 Å². The second kappa shape index (κ2) is 5.14. The Kier molecular flexibility index (Phi) is 3.72. The fraction of sp³-hybridized carbons (Fsp3) is 0. The van der Waals surface area contributed by atoms with Gasteiger partial charge in [-0.1, -0.05) is 0 Å². The van der Waals surface area contributed by atoms with Gasteiger partial charge in [0.15, 0.2) is 0 Å². The Morgan fingerprint density at radius 1 is 1.26 bits per heavy atom. The number of nitrogens with zero attached hydrogens (tertiary/aromatic N) is 1. The number of benzene rings is 1. The van der Waals surface area contributed by atoms with Crippen molar-refractivity contribution >= 4 is 31.6 Å². The number of hydrogen-bond donors (Lipinski definition) is 2. The highest BCUT2D eigenvalue weighted by Crippen LogP contribution is 2.26. The number of pyridine rings is 1. The molecule has 0 atom stereocenters. The lowest BCUT2D eigenvalue weighted by molar-refractivity contribution is 0.471. The summed E-state index contributed by atoms with van der Waals surface area (Å²) in [4.78, 5) is 3.66. The Balaban J connectivity index is 2.36. The van der Waals surface area contributed by atoms with E-state index < -0.39 is 21.6 Å². The zero-order valence-electron chi connectivity index (χ0n) is 9.34. The Bertz CT molecular complexity index is 722. The second-order valence-corrected chi connectivity index (χ2v) is 6.20. The first-order valence-corrected chi connectivity index (χ1v) is 7.28. The highest BCUT2D eigenvalue weighted by molar-refractivity contribution is 9.10. The van der Waals surface area contributed by atoms with Gasteiger partial charge in [0.25, 0.3) is 10.0 Å². The van der Waals surface area contributed by atoms with Crippen LogP contribution in [0.1, 0.15) is 0 Å². The van der Waals surface area contributed by atoms with Crippen LogP contribution in [0.3, 0.4) is 0 Å². The van der Waals surface area contributed by atoms with E-state index in [9.17, 15) is 17.9 Å². The minimum absolute atomic E-state index is 0.0781. The smallest absolute Gasteiger partial charge is 0.263 e. The van der Waals surface area contributed by atoms with Gasteiger partial charge in [0.05, 0.1) is 5.69 Å². The van der Waals surface area contributed by atoms with Gasteiger partial charge >= 0.3 is 0 Å². The molecule has 0 aliphatic carbocycles. The summed E-state index contributed by atoms with van der Waals surface area (Å²) in [5.74, 6) is -1.16. The molecule has 0 radical (unpaired) electrons. The SMILES string of the molecule is O=S(=O)(Nc1ccc(F)cc1O)c1cncc(Br)c1. The number of phenolic OH excluding ortho intramolecular Hbond substituents is 1. The van der Waals surface area contributed by atoms with Gasteiger partial charge in [0.1, 0.15) is 16.5 Å². The third-order valence-corrected chi connectivity index (χ3v) is 3.96. The molecule has 0 bridgehead atoms. The van der Waals surface area contributed by atoms with Crippen molar-refractivity contribution in [2.24, 2.45) is 0 Å². The predicted molar refractivity (Wildman–Crippen MR) is 70.8 cm³/mol. The summed E-state index contributed by atoms with van der Waals surface area (Å²) in [5, 5.41) is 9.46. The second-order valence-electron chi connectivity index (χ2n) is 3.61. The van der Waals surface area contributed by atoms with Crippen molar-refractivity contribution < 1.29 is 17.9 Å². The zero-order valence-corrected chi connectivity index (χ0v) is 11.7. The van der Waals surface area contributed by atoms with Crippen molar-refractivity contribution in [2.45, 2.75) is 4.90 Å². The van der Waals surface area contributed by atoms with Crippen molar-refractivity contribution in [2.75, 3.05) is 4.72 Å². The van der Waals surface area contributed by atoms with Crippen molar-refractivity contribution in [3.05, 3.63) is 46.9 Å². The summed E-state index contributed by atoms with van der Waals surface area (Å²) in [5.41, 5.74) is -0.110. The summed E-state index contributed by atoms with van der Waals surface area (Å²) in [7, 11) is -3.90. The predicted octanol–water partition coefficient (Wildman–Crippen LogP) is 2.49. The number of nitrogens with one attached hydrogen (secondary N) is 1. The van der Waals surface area contributed by atoms with Crippen LogP contribution in [-0.4, -0.2) is 18.5 Å². The van der Waals surface area contributed by atoms with Gasteiger partial charge in [-0.05, 0) is 34.1 Å². The molecule has 0 spiro atoms. The van der Waals surface area contributed by atoms with Crippen LogP contribution in [0.25, 0.3) is 0 Å². The first-order valence-electron chi connectivity index (χ1n) is 5.00. The normalized spacial score (nSPS) is 11.3. The molecule has 0 aliphatic heterocycles. The third-order valence-electron chi connectivity index (χ3n) is 2.19. The molecule has 0 unspecified atom stereocenters. The minimum atomic E-state index is -3.90. The molecule has 1 aromatic carbocycles. The number of anilines is 1. The summed E-state index contributed by atoms with van der Waals surface area (Å²) in [6.07, 6.45) is 2.60. The number of aromatic nitrogens is 1. The van der Waals surface area contributed by atoms with E-state index in [2.05, 4.69) is 25.6 Å². The van der Waals surface area contributed by atoms with Crippen LogP contribution in [0.4, 0.5) is 10.1 Å². The molecule has 19 heavy (non-hydrogen) atoms. The number of rotatable bonds is 3. The molecule has 8 heteroatoms. The lowest BCUT2D eigenvalue weighted by Crippen LogP contribution is -2.13. The van der Waals surface area contributed by atoms with Gasteiger partial charge in [0.2, 0.25) is 0 Å². The van der Waals surface area contributed by atoms with E-state index in [4.69, 9.17) is 0 Å². The largest absolute Gasteiger partial charge is 0.506 e. The first kappa shape index (κ1) is 13.8. The fourth-order valence-electron chi connectivity index (χ4n) is 1.33. The lowest BCUT2D eigenvalue weighted by atomic mass is 10.3. The summed E-state index contributed by atoms with van der Waals surface area (Å²) < 4.78 is 39.5. The highest BCUT2D eigenvalue weighted by atomic mass is 79.9. The monoisotopic (exact) mass is 346 g/mol. The molecule has 100 valence electrons. The fourth-order valence-corrected chi connectivity index (χ4v) is 2.91. The highest BCUT2D eigenvalue weighted by Gasteiger charge is 2.17. The number of sulfonamides is 1. The molecule has 1 aromatic heterocycles. The van der Waals surface area contributed by atoms with Gasteiger partial charge in [0, 0.05) is 22.9 Å². The van der Waals surface area contributed by atoms with E-state index in [0.29, 0.717) is 4.47 Å². The van der Waals surface area contributed by atoms with E-state index in [1.165, 1.54) is 12.3 Å². The van der Waals surface area contributed by atoms with Crippen LogP contribution in [0, 0.1) is 5.82 Å². The average molecular weight is 347 g/mol. The Morgan fingerprint density at radius 3 is 2.63 bits per heavy atom. The molecular weight excluding hydrogens is 339 g/mol. The van der Waals surface area contributed by atoms with Gasteiger partial charge in [-0.3, -0.25) is 9.71 Å². The van der Waals surface area contributed by atoms with Crippen LogP contribution in [0.15, 0.2) is 46.0 Å². The van der Waals surface area contributed by atoms with Crippen LogP contribution < -0.4 is 4.72 Å². The van der Waals surface area contributed by atoms with Crippen molar-refractivity contribution in [1.82, 2.24) is 4.98 Å². The van der Waals surface area contributed by atoms with Crippen LogP contribution in [-0.2, 0) is 10.0 Å². The maximum absolute atomic E-state index is 12.8. The maximum atomic E-state index is 12.8. The van der Waals surface area contributed by atoms with Crippen LogP contribution in [0.5, 0.6) is 5.75 Å². The van der Waals surface area contributed by atoms with Crippen molar-refractivity contribution in [3.63, 3.8) is 0 Å². The van der Waals surface area contributed by atoms with Gasteiger partial charge in [-0.2, -0.15) is 0 Å². The average Bonchev–Trinajstić information content (AvgIpc) is 2.33. The summed E-state index contributed by atoms with van der Waals surface area (Å²) in [6.45, 7) is 0. The number of aromatic hydroxyl groups is 1. The maximum Gasteiger partial charge on any atom is 0.263 e. The third kappa shape index (κ3) is 3.21.